The lowest BCUT2D eigenvalue weighted by Crippen LogP contribution is -2.46. The van der Waals surface area contributed by atoms with E-state index in [2.05, 4.69) is 0 Å². The first kappa shape index (κ1) is 37.9. The van der Waals surface area contributed by atoms with Gasteiger partial charge in [0.25, 0.3) is 0 Å². The Morgan fingerprint density at radius 1 is 0.356 bits per heavy atom. The summed E-state index contributed by atoms with van der Waals surface area (Å²) < 4.78 is 614. The summed E-state index contributed by atoms with van der Waals surface area (Å²) in [6.45, 7) is -35.4. The van der Waals surface area contributed by atoms with Crippen molar-refractivity contribution in [1.82, 2.24) is 24.5 Å². The predicted molar refractivity (Wildman–Crippen MR) is 465 cm³/mol. The van der Waals surface area contributed by atoms with Crippen molar-refractivity contribution in [2.45, 2.75) is 214 Å². The summed E-state index contributed by atoms with van der Waals surface area (Å²) in [5.74, 6) is -35.5. The van der Waals surface area contributed by atoms with Gasteiger partial charge in [0.1, 0.15) is 28.9 Å². The molecule has 0 radical (unpaired) electrons. The molecule has 15 rings (SSSR count). The van der Waals surface area contributed by atoms with E-state index in [4.69, 9.17) is 134 Å². The average Bonchev–Trinajstić information content (AvgIpc) is 0.633. The van der Waals surface area contributed by atoms with Crippen LogP contribution in [0.5, 0.6) is 57.5 Å². The number of ketones is 5. The second-order valence-corrected chi connectivity index (χ2v) is 27.3. The van der Waals surface area contributed by atoms with Crippen LogP contribution in [0.3, 0.4) is 0 Å². The molecule has 10 aliphatic heterocycles. The van der Waals surface area contributed by atoms with Gasteiger partial charge in [-0.2, -0.15) is 0 Å². The number of hydrogen-bond donors (Lipinski definition) is 0. The molecule has 10 aliphatic rings. The topological polar surface area (TPSA) is 194 Å². The Bertz CT molecular complexity index is 7540. The van der Waals surface area contributed by atoms with Gasteiger partial charge < -0.3 is 47.4 Å². The van der Waals surface area contributed by atoms with Crippen molar-refractivity contribution in [3.05, 3.63) is 116 Å². The van der Waals surface area contributed by atoms with Crippen LogP contribution in [0.25, 0.3) is 0 Å². The normalized spacial score (nSPS) is 47.0. The van der Waals surface area contributed by atoms with E-state index in [1.54, 1.807) is 13.8 Å². The molecule has 0 aliphatic carbocycles. The Morgan fingerprint density at radius 2 is 0.627 bits per heavy atom. The summed E-state index contributed by atoms with van der Waals surface area (Å²) in [5.41, 5.74) is -4.68. The zero-order chi connectivity index (χ0) is 144. The molecule has 0 N–H and O–H groups in total. The number of ether oxygens (including phenoxy) is 10. The maximum atomic E-state index is 14.0. The summed E-state index contributed by atoms with van der Waals surface area (Å²) in [4.78, 5) is 68.3. The van der Waals surface area contributed by atoms with Crippen LogP contribution in [0.15, 0.2) is 60.7 Å². The van der Waals surface area contributed by atoms with Crippen molar-refractivity contribution in [2.75, 3.05) is 136 Å². The van der Waals surface area contributed by atoms with Gasteiger partial charge >= 0.3 is 0 Å². The van der Waals surface area contributed by atoms with Gasteiger partial charge in [-0.25, -0.2) is 0 Å². The van der Waals surface area contributed by atoms with E-state index in [1.165, 1.54) is 69.0 Å². The lowest BCUT2D eigenvalue weighted by molar-refractivity contribution is -0.130. The van der Waals surface area contributed by atoms with E-state index in [0.717, 1.165) is 62.8 Å². The first-order valence-electron chi connectivity index (χ1n) is 69.7. The van der Waals surface area contributed by atoms with Crippen LogP contribution >= 0.6 is 0 Å². The first-order valence-corrected chi connectivity index (χ1v) is 36.7. The first-order chi connectivity index (χ1) is 81.7. The molecular weight excluding hydrogens is 1490 g/mol. The van der Waals surface area contributed by atoms with Crippen molar-refractivity contribution >= 4 is 28.9 Å². The van der Waals surface area contributed by atoms with Gasteiger partial charge in [-0.3, -0.25) is 48.5 Å². The van der Waals surface area contributed by atoms with E-state index >= 15 is 0 Å². The van der Waals surface area contributed by atoms with Gasteiger partial charge in [-0.1, -0.05) is 88.1 Å². The molecule has 5 aromatic rings. The number of benzene rings is 5. The molecule has 13 atom stereocenters. The monoisotopic (exact) mass is 1690 g/mol. The number of aryl methyl sites for hydroxylation is 5. The third kappa shape index (κ3) is 21.0. The molecule has 0 aromatic heterocycles. The van der Waals surface area contributed by atoms with Gasteiger partial charge in [-0.15, -0.1) is 0 Å². The van der Waals surface area contributed by atoms with Crippen molar-refractivity contribution in [3.63, 3.8) is 0 Å². The lowest BCUT2D eigenvalue weighted by Gasteiger charge is -2.43. The molecule has 0 saturated carbocycles. The Balaban J connectivity index is 0.000000214. The molecule has 10 heterocycles. The highest BCUT2D eigenvalue weighted by Crippen LogP contribution is 2.49. The molecule has 0 bridgehead atoms. The molecule has 0 spiro atoms. The number of piperidine rings is 5. The lowest BCUT2D eigenvalue weighted by atomic mass is 9.79. The van der Waals surface area contributed by atoms with E-state index in [9.17, 15) is 28.1 Å². The smallest absolute Gasteiger partial charge is 0.161 e. The van der Waals surface area contributed by atoms with Crippen LogP contribution < -0.4 is 47.4 Å². The highest BCUT2D eigenvalue weighted by Gasteiger charge is 2.45. The predicted octanol–water partition coefficient (Wildman–Crippen LogP) is 17.4. The number of hydrogen-bond acceptors (Lipinski definition) is 20. The van der Waals surface area contributed by atoms with Crippen LogP contribution in [0, 0.1) is 59.0 Å². The quantitative estimate of drug-likeness (QED) is 0.0598. The van der Waals surface area contributed by atoms with Crippen LogP contribution in [0.1, 0.15) is 328 Å². The summed E-state index contributed by atoms with van der Waals surface area (Å²) >= 11 is 0. The van der Waals surface area contributed by atoms with Crippen molar-refractivity contribution in [3.8, 4) is 57.5 Å². The Kier molecular flexibility index (Phi) is 13.4. The van der Waals surface area contributed by atoms with Crippen molar-refractivity contribution in [2.24, 2.45) is 59.0 Å². The zero-order valence-corrected chi connectivity index (χ0v) is 68.0. The second kappa shape index (κ2) is 41.7. The molecule has 0 amide bonds. The minimum absolute atomic E-state index is 0.000460. The van der Waals surface area contributed by atoms with Crippen LogP contribution in [0.4, 0.5) is 0 Å². The number of Topliss-reactive ketones (excluding diaryl/α,β-unsaturated/α-hetero) is 5. The number of rotatable bonds is 23. The highest BCUT2D eigenvalue weighted by molar-refractivity contribution is 5.86. The van der Waals surface area contributed by atoms with Crippen LogP contribution in [-0.2, 0) is 55.8 Å². The zero-order valence-electron chi connectivity index (χ0n) is 134. The van der Waals surface area contributed by atoms with Gasteiger partial charge in [0.05, 0.1) is 78.0 Å². The van der Waals surface area contributed by atoms with E-state index < -0.39 is 350 Å². The molecule has 118 heavy (non-hydrogen) atoms. The fraction of sp³-hybridized carbons (Fsp3) is 0.643. The number of fused-ring (bicyclic) bond motifs is 15. The fourth-order valence-electron chi connectivity index (χ4n) is 12.9. The number of carbonyl (C=O) groups is 5. The van der Waals surface area contributed by atoms with Crippen molar-refractivity contribution in [1.29, 1.82) is 0 Å². The summed E-state index contributed by atoms with van der Waals surface area (Å²) in [5, 5.41) is 0. The standard InChI is InChI=1S/3C20H29NO3.2C19H27NO3/c3*1-5-13(2)8-15-12-21-7-6-14-9-19(23-3)20(24-4)10-16(14)17(21)11-18(15)22;2*1-12(2)7-14-11-20-6-5-13-8-18(22-3)19(23-4)9-15(13)16(20)10-17(14)21/h3*9-10,13,15,17H,5-8,11-12H2,1-4H3;2*8-9,12,14,16H,5-7,10-11H2,1-4H3/i2D3,5D2,6D2,7D2,8D2,11D2,12D2,13D,15D,17D;2D3,5D2,6D2,7D2,8D2,11D2,13D,15D,17D;2D3,5D2,6D2,7D2,8D2,12D2,13D,17D;5D2,6D2,10D2,11D2,14D,16D;5D2,6D2,11D2,16D. The average molecular weight is 1700 g/mol. The largest absolute Gasteiger partial charge is 0.493 e. The van der Waals surface area contributed by atoms with Crippen LogP contribution in [-0.4, -0.2) is 190 Å². The number of nitrogens with zero attached hydrogens (tertiary/aromatic N) is 5. The highest BCUT2D eigenvalue weighted by atomic mass is 16.5. The van der Waals surface area contributed by atoms with E-state index in [1.807, 2.05) is 13.8 Å². The SMILES string of the molecule is [2H]C([2H])([2H])C([2H])(C([2H])([2H])C)C([2H])([2H])C1([2H])C(=O)C([2H])([2H])C2([2H])c3cc(OC)c(OC)cc3C([2H])([2H])C([2H])([2H])N2C1([2H])[2H].[2H]C([2H])([2H])C([2H])(C([2H])([2H])C)C([2H])([2H])C1([2H])CN2C([2H])([2H])C([2H])([2H])c3cc(OC)c(OC)cc3C2([2H])C([2H])([2H])C1=O.[2H]C1([2H])C(=O)C([2H])(CC(C)C)C([2H])([2H])N2C([2H])([2H])C([2H])([2H])c3cc(OC)c(OC)cc3C21[2H].[2H]C12CC(=O)C(C([2H])([2H])C([2H])(C([2H])([2H])[2H])C([2H])([2H])C)C([2H])([2H])N1C([2H])([2H])C([2H])([2H])c1cc(OC)c(OC)cc12.[2H]C12CC(=O)C(CC(C)C)C([2H])([2H])N1C([2H])([2H])C([2H])([2H])c1cc(OC)c(OC)cc12. The maximum absolute atomic E-state index is 14.0. The molecule has 13 unspecified atom stereocenters. The molecular formula is C98H141N5O15. The molecule has 5 fully saturated rings. The maximum Gasteiger partial charge on any atom is 0.161 e. The van der Waals surface area contributed by atoms with Crippen molar-refractivity contribution < 1.29 is 162 Å². The number of methoxy groups -OCH3 is 10. The number of carbonyl (C=O) groups excluding carboxylic acids is 5. The van der Waals surface area contributed by atoms with Crippen LogP contribution in [0.2, 0.25) is 0 Å². The third-order valence-electron chi connectivity index (χ3n) is 18.9. The van der Waals surface area contributed by atoms with Gasteiger partial charge in [0, 0.05) is 240 Å². The minimum Gasteiger partial charge on any atom is -0.493 e. The molecule has 5 aromatic carbocycles. The third-order valence-corrected chi connectivity index (χ3v) is 18.9. The Morgan fingerprint density at radius 3 is 0.966 bits per heavy atom. The fourth-order valence-corrected chi connectivity index (χ4v) is 12.9. The second-order valence-electron chi connectivity index (χ2n) is 27.3. The van der Waals surface area contributed by atoms with Gasteiger partial charge in [0.15, 0.2) is 57.5 Å². The molecule has 20 heteroatoms. The summed E-state index contributed by atoms with van der Waals surface area (Å²) in [6, 6.07) is -4.06. The molecule has 5 saturated heterocycles. The van der Waals surface area contributed by atoms with E-state index in [-0.39, 0.29) is 101 Å². The summed E-state index contributed by atoms with van der Waals surface area (Å²) in [6.07, 6.45) is -50.4. The Hall–Kier alpha value is -7.75. The minimum atomic E-state index is -4.49. The molecule has 20 nitrogen and oxygen atoms in total. The Labute approximate surface area is 798 Å². The summed E-state index contributed by atoms with van der Waals surface area (Å²) in [7, 11) is 12.4. The van der Waals surface area contributed by atoms with Gasteiger partial charge in [-0.05, 0) is 210 Å². The van der Waals surface area contributed by atoms with E-state index in [0.29, 0.717) is 25.7 Å². The van der Waals surface area contributed by atoms with Gasteiger partial charge in [0.2, 0.25) is 0 Å². The molecule has 648 valence electrons.